The number of nitrogens with zero attached hydrogens (tertiary/aromatic N) is 2. The number of carbonyl (C=O) groups excluding carboxylic acids is 1. The molecule has 0 aliphatic heterocycles. The number of hydrogen-bond donors (Lipinski definition) is 1. The van der Waals surface area contributed by atoms with Crippen molar-refractivity contribution < 1.29 is 9.72 Å². The molecular formula is C15H23N3O3. The Bertz CT molecular complexity index is 513. The van der Waals surface area contributed by atoms with Gasteiger partial charge in [-0.1, -0.05) is 13.8 Å². The lowest BCUT2D eigenvalue weighted by molar-refractivity contribution is -0.384. The van der Waals surface area contributed by atoms with Gasteiger partial charge in [0.1, 0.15) is 0 Å². The van der Waals surface area contributed by atoms with Crippen molar-refractivity contribution in [3.05, 3.63) is 33.9 Å². The summed E-state index contributed by atoms with van der Waals surface area (Å²) < 4.78 is 0. The predicted molar refractivity (Wildman–Crippen MR) is 83.7 cm³/mol. The highest BCUT2D eigenvalue weighted by molar-refractivity contribution is 6.00. The van der Waals surface area contributed by atoms with Gasteiger partial charge in [0.25, 0.3) is 11.6 Å². The van der Waals surface area contributed by atoms with Crippen molar-refractivity contribution in [3.63, 3.8) is 0 Å². The molecule has 0 aliphatic rings. The molecule has 0 fully saturated rings. The molecule has 21 heavy (non-hydrogen) atoms. The zero-order chi connectivity index (χ0) is 16.0. The summed E-state index contributed by atoms with van der Waals surface area (Å²) in [5, 5.41) is 14.0. The fourth-order valence-corrected chi connectivity index (χ4v) is 2.36. The van der Waals surface area contributed by atoms with Crippen LogP contribution in [0, 0.1) is 10.1 Å². The van der Waals surface area contributed by atoms with Crippen molar-refractivity contribution in [1.82, 2.24) is 4.90 Å². The van der Waals surface area contributed by atoms with Gasteiger partial charge in [-0.15, -0.1) is 0 Å². The molecule has 6 heteroatoms. The summed E-state index contributed by atoms with van der Waals surface area (Å²) in [6, 6.07) is 4.48. The van der Waals surface area contributed by atoms with Crippen LogP contribution in [0.3, 0.4) is 0 Å². The van der Waals surface area contributed by atoms with Crippen molar-refractivity contribution in [3.8, 4) is 0 Å². The summed E-state index contributed by atoms with van der Waals surface area (Å²) in [6.45, 7) is 6.61. The zero-order valence-corrected chi connectivity index (χ0v) is 13.0. The summed E-state index contributed by atoms with van der Waals surface area (Å²) >= 11 is 0. The Morgan fingerprint density at radius 1 is 1.33 bits per heavy atom. The number of non-ortho nitro benzene ring substituents is 1. The van der Waals surface area contributed by atoms with Gasteiger partial charge in [-0.05, 0) is 25.8 Å². The normalized spacial score (nSPS) is 10.5. The highest BCUT2D eigenvalue weighted by Gasteiger charge is 2.23. The van der Waals surface area contributed by atoms with Crippen molar-refractivity contribution in [1.29, 1.82) is 0 Å². The molecule has 0 saturated carbocycles. The molecule has 1 aromatic carbocycles. The van der Waals surface area contributed by atoms with Gasteiger partial charge in [-0.2, -0.15) is 0 Å². The summed E-state index contributed by atoms with van der Waals surface area (Å²) in [5.41, 5.74) is 0.907. The Morgan fingerprint density at radius 3 is 2.43 bits per heavy atom. The second-order valence-corrected chi connectivity index (χ2v) is 4.90. The number of rotatable bonds is 7. The smallest absolute Gasteiger partial charge is 0.270 e. The second kappa shape index (κ2) is 7.61. The largest absolute Gasteiger partial charge is 0.385 e. The number of benzene rings is 1. The molecule has 1 amide bonds. The Hall–Kier alpha value is -2.11. The van der Waals surface area contributed by atoms with Crippen molar-refractivity contribution in [2.75, 3.05) is 18.9 Å². The van der Waals surface area contributed by atoms with Crippen LogP contribution in [0.5, 0.6) is 0 Å². The number of nitrogens with one attached hydrogen (secondary N) is 1. The van der Waals surface area contributed by atoms with E-state index in [9.17, 15) is 14.9 Å². The predicted octanol–water partition coefficient (Wildman–Crippen LogP) is 3.29. The van der Waals surface area contributed by atoms with E-state index in [0.29, 0.717) is 17.8 Å². The Labute approximate surface area is 125 Å². The van der Waals surface area contributed by atoms with Crippen LogP contribution in [0.15, 0.2) is 18.2 Å². The Balaban J connectivity index is 3.21. The van der Waals surface area contributed by atoms with Gasteiger partial charge in [0.2, 0.25) is 0 Å². The maximum Gasteiger partial charge on any atom is 0.270 e. The fourth-order valence-electron chi connectivity index (χ4n) is 2.36. The van der Waals surface area contributed by atoms with Crippen LogP contribution in [0.25, 0.3) is 0 Å². The van der Waals surface area contributed by atoms with E-state index >= 15 is 0 Å². The third-order valence-corrected chi connectivity index (χ3v) is 3.62. The molecule has 116 valence electrons. The summed E-state index contributed by atoms with van der Waals surface area (Å²) in [4.78, 5) is 24.7. The zero-order valence-electron chi connectivity index (χ0n) is 13.0. The lowest BCUT2D eigenvalue weighted by atomic mass is 10.1. The van der Waals surface area contributed by atoms with E-state index in [1.165, 1.54) is 12.1 Å². The molecule has 0 aliphatic carbocycles. The number of anilines is 1. The highest BCUT2D eigenvalue weighted by atomic mass is 16.6. The molecule has 0 atom stereocenters. The molecule has 6 nitrogen and oxygen atoms in total. The molecular weight excluding hydrogens is 270 g/mol. The molecule has 0 heterocycles. The van der Waals surface area contributed by atoms with Gasteiger partial charge in [-0.3, -0.25) is 14.9 Å². The summed E-state index contributed by atoms with van der Waals surface area (Å²) in [6.07, 6.45) is 1.70. The van der Waals surface area contributed by atoms with Gasteiger partial charge in [0.05, 0.1) is 10.5 Å². The van der Waals surface area contributed by atoms with E-state index in [1.807, 2.05) is 20.8 Å². The average Bonchev–Trinajstić information content (AvgIpc) is 2.48. The molecule has 1 aromatic rings. The molecule has 1 rings (SSSR count). The lowest BCUT2D eigenvalue weighted by Crippen LogP contribution is -2.36. The first kappa shape index (κ1) is 16.9. The maximum atomic E-state index is 12.6. The first-order chi connectivity index (χ1) is 9.96. The van der Waals surface area contributed by atoms with Crippen LogP contribution in [0.2, 0.25) is 0 Å². The number of hydrogen-bond acceptors (Lipinski definition) is 4. The molecule has 1 N–H and O–H groups in total. The minimum absolute atomic E-state index is 0.0713. The second-order valence-electron chi connectivity index (χ2n) is 4.90. The van der Waals surface area contributed by atoms with Crippen LogP contribution in [-0.2, 0) is 0 Å². The van der Waals surface area contributed by atoms with E-state index in [-0.39, 0.29) is 17.6 Å². The van der Waals surface area contributed by atoms with Gasteiger partial charge < -0.3 is 10.2 Å². The number of nitro benzene ring substituents is 1. The molecule has 0 unspecified atom stereocenters. The number of amides is 1. The third-order valence-electron chi connectivity index (χ3n) is 3.62. The summed E-state index contributed by atoms with van der Waals surface area (Å²) in [7, 11) is 1.74. The van der Waals surface area contributed by atoms with Crippen LogP contribution in [0.4, 0.5) is 11.4 Å². The van der Waals surface area contributed by atoms with Gasteiger partial charge in [0, 0.05) is 37.5 Å². The van der Waals surface area contributed by atoms with Crippen LogP contribution in [0.1, 0.15) is 44.0 Å². The minimum Gasteiger partial charge on any atom is -0.385 e. The number of carbonyl (C=O) groups is 1. The van der Waals surface area contributed by atoms with Crippen molar-refractivity contribution in [2.45, 2.75) is 39.7 Å². The maximum absolute atomic E-state index is 12.6. The number of nitro groups is 1. The van der Waals surface area contributed by atoms with E-state index in [4.69, 9.17) is 0 Å². The van der Waals surface area contributed by atoms with Crippen molar-refractivity contribution >= 4 is 17.3 Å². The van der Waals surface area contributed by atoms with E-state index in [2.05, 4.69) is 5.32 Å². The van der Waals surface area contributed by atoms with Crippen LogP contribution in [-0.4, -0.2) is 35.4 Å². The minimum atomic E-state index is -0.483. The first-order valence-corrected chi connectivity index (χ1v) is 7.25. The molecule has 0 radical (unpaired) electrons. The van der Waals surface area contributed by atoms with Gasteiger partial charge in [-0.25, -0.2) is 0 Å². The van der Waals surface area contributed by atoms with Gasteiger partial charge >= 0.3 is 0 Å². The highest BCUT2D eigenvalue weighted by Crippen LogP contribution is 2.24. The van der Waals surface area contributed by atoms with E-state index in [0.717, 1.165) is 12.8 Å². The lowest BCUT2D eigenvalue weighted by Gasteiger charge is -2.27. The van der Waals surface area contributed by atoms with Crippen LogP contribution < -0.4 is 5.32 Å². The van der Waals surface area contributed by atoms with Crippen molar-refractivity contribution in [2.24, 2.45) is 0 Å². The van der Waals surface area contributed by atoms with E-state index < -0.39 is 4.92 Å². The van der Waals surface area contributed by atoms with Gasteiger partial charge in [0.15, 0.2) is 0 Å². The molecule has 0 bridgehead atoms. The standard InChI is InChI=1S/C15H23N3O3/c1-5-11(6-2)17(4)15(19)13-10-12(18(20)21)8-9-14(13)16-7-3/h8-11,16H,5-7H2,1-4H3. The van der Waals surface area contributed by atoms with Crippen LogP contribution >= 0.6 is 0 Å². The quantitative estimate of drug-likeness (QED) is 0.618. The monoisotopic (exact) mass is 293 g/mol. The summed E-state index contributed by atoms with van der Waals surface area (Å²) in [5.74, 6) is -0.191. The van der Waals surface area contributed by atoms with E-state index in [1.54, 1.807) is 18.0 Å². The Morgan fingerprint density at radius 2 is 1.95 bits per heavy atom. The molecule has 0 saturated heterocycles. The topological polar surface area (TPSA) is 75.5 Å². The average molecular weight is 293 g/mol. The third kappa shape index (κ3) is 3.93. The Kier molecular flexibility index (Phi) is 6.14. The SMILES string of the molecule is CCNc1ccc([N+](=O)[O-])cc1C(=O)N(C)C(CC)CC. The molecule has 0 aromatic heterocycles. The first-order valence-electron chi connectivity index (χ1n) is 7.25. The fraction of sp³-hybridized carbons (Fsp3) is 0.533. The molecule has 0 spiro atoms.